The van der Waals surface area contributed by atoms with Crippen molar-refractivity contribution in [1.29, 1.82) is 0 Å². The molecule has 228 valence electrons. The summed E-state index contributed by atoms with van der Waals surface area (Å²) in [6.45, 7) is 11.8. The minimum Gasteiger partial charge on any atom is -0.381 e. The second-order valence-corrected chi connectivity index (χ2v) is 15.7. The minimum absolute atomic E-state index is 0.949. The van der Waals surface area contributed by atoms with Gasteiger partial charge in [-0.15, -0.1) is 0 Å². The first-order valence-corrected chi connectivity index (χ1v) is 18.6. The molecule has 0 aromatic rings. The molecule has 0 spiro atoms. The van der Waals surface area contributed by atoms with E-state index in [1.807, 2.05) is 0 Å². The fraction of sp³-hybridized carbons (Fsp3) is 1.00. The van der Waals surface area contributed by atoms with Crippen molar-refractivity contribution in [2.24, 2.45) is 59.2 Å². The molecular weight excluding hydrogens is 472 g/mol. The van der Waals surface area contributed by atoms with Crippen LogP contribution in [0.4, 0.5) is 0 Å². The second kappa shape index (κ2) is 17.2. The van der Waals surface area contributed by atoms with Crippen molar-refractivity contribution in [3.05, 3.63) is 0 Å². The molecule has 4 fully saturated rings. The Hall–Kier alpha value is -0.0400. The molecule has 0 aromatic heterocycles. The largest absolute Gasteiger partial charge is 0.381 e. The molecule has 0 aromatic carbocycles. The summed E-state index contributed by atoms with van der Waals surface area (Å²) >= 11 is 0. The fourth-order valence-electron chi connectivity index (χ4n) is 10.3. The monoisotopic (exact) mass is 543 g/mol. The van der Waals surface area contributed by atoms with Crippen LogP contribution in [0.5, 0.6) is 0 Å². The molecule has 1 nitrogen and oxygen atoms in total. The summed E-state index contributed by atoms with van der Waals surface area (Å²) in [5, 5.41) is 0. The summed E-state index contributed by atoms with van der Waals surface area (Å²) in [4.78, 5) is 0. The molecule has 2 unspecified atom stereocenters. The van der Waals surface area contributed by atoms with Crippen LogP contribution < -0.4 is 0 Å². The quantitative estimate of drug-likeness (QED) is 0.198. The normalized spacial score (nSPS) is 37.8. The average Bonchev–Trinajstić information content (AvgIpc) is 2.96. The van der Waals surface area contributed by atoms with Gasteiger partial charge in [0.25, 0.3) is 0 Å². The van der Waals surface area contributed by atoms with Gasteiger partial charge >= 0.3 is 0 Å². The van der Waals surface area contributed by atoms with Crippen LogP contribution in [-0.2, 0) is 4.74 Å². The van der Waals surface area contributed by atoms with E-state index in [9.17, 15) is 0 Å². The van der Waals surface area contributed by atoms with Crippen molar-refractivity contribution in [3.8, 4) is 0 Å². The summed E-state index contributed by atoms with van der Waals surface area (Å²) in [6.07, 6.45) is 32.5. The van der Waals surface area contributed by atoms with Crippen LogP contribution in [0.25, 0.3) is 0 Å². The predicted octanol–water partition coefficient (Wildman–Crippen LogP) is 11.9. The van der Waals surface area contributed by atoms with Gasteiger partial charge in [-0.2, -0.15) is 0 Å². The Bertz CT molecular complexity index is 557. The van der Waals surface area contributed by atoms with E-state index in [2.05, 4.69) is 27.7 Å². The van der Waals surface area contributed by atoms with Crippen LogP contribution in [-0.4, -0.2) is 13.2 Å². The van der Waals surface area contributed by atoms with Gasteiger partial charge in [0.1, 0.15) is 0 Å². The zero-order valence-corrected chi connectivity index (χ0v) is 27.2. The zero-order chi connectivity index (χ0) is 27.5. The number of hydrogen-bond donors (Lipinski definition) is 0. The predicted molar refractivity (Wildman–Crippen MR) is 170 cm³/mol. The van der Waals surface area contributed by atoms with E-state index in [-0.39, 0.29) is 0 Å². The van der Waals surface area contributed by atoms with Gasteiger partial charge < -0.3 is 4.74 Å². The summed E-state index contributed by atoms with van der Waals surface area (Å²) < 4.78 is 6.62. The highest BCUT2D eigenvalue weighted by atomic mass is 16.5. The van der Waals surface area contributed by atoms with Crippen LogP contribution in [0.3, 0.4) is 0 Å². The SMILES string of the molecule is CCCC1CCC(C(CCOCCC(C2CCC(C)CC2)C2CCC(CCC)CC2)C2CCC(C)CC2)CC1. The zero-order valence-electron chi connectivity index (χ0n) is 27.2. The van der Waals surface area contributed by atoms with Gasteiger partial charge in [0.2, 0.25) is 0 Å². The molecule has 0 radical (unpaired) electrons. The Morgan fingerprint density at radius 3 is 1.08 bits per heavy atom. The molecular formula is C38H70O. The van der Waals surface area contributed by atoms with Gasteiger partial charge in [-0.25, -0.2) is 0 Å². The number of rotatable bonds is 14. The van der Waals surface area contributed by atoms with E-state index in [4.69, 9.17) is 4.74 Å². The maximum absolute atomic E-state index is 6.62. The molecule has 0 bridgehead atoms. The first kappa shape index (κ1) is 31.9. The summed E-state index contributed by atoms with van der Waals surface area (Å²) in [5.74, 6) is 9.88. The van der Waals surface area contributed by atoms with E-state index >= 15 is 0 Å². The van der Waals surface area contributed by atoms with Crippen LogP contribution in [0.15, 0.2) is 0 Å². The average molecular weight is 543 g/mol. The first-order chi connectivity index (χ1) is 19.1. The highest BCUT2D eigenvalue weighted by molar-refractivity contribution is 4.86. The lowest BCUT2D eigenvalue weighted by Crippen LogP contribution is -2.32. The third-order valence-electron chi connectivity index (χ3n) is 12.9. The Morgan fingerprint density at radius 1 is 0.462 bits per heavy atom. The van der Waals surface area contributed by atoms with Crippen molar-refractivity contribution in [3.63, 3.8) is 0 Å². The molecule has 0 saturated heterocycles. The van der Waals surface area contributed by atoms with E-state index < -0.39 is 0 Å². The highest BCUT2D eigenvalue weighted by Gasteiger charge is 2.35. The van der Waals surface area contributed by atoms with E-state index in [0.29, 0.717) is 0 Å². The molecule has 1 heteroatoms. The van der Waals surface area contributed by atoms with Crippen molar-refractivity contribution < 1.29 is 4.74 Å². The summed E-state index contributed by atoms with van der Waals surface area (Å²) in [5.41, 5.74) is 0. The van der Waals surface area contributed by atoms with Gasteiger partial charge in [0.05, 0.1) is 0 Å². The van der Waals surface area contributed by atoms with Gasteiger partial charge in [0.15, 0.2) is 0 Å². The maximum atomic E-state index is 6.62. The Kier molecular flexibility index (Phi) is 14.0. The standard InChI is InChI=1S/C38H70O/c1-5-7-31-13-21-35(22-14-31)37(33-17-9-29(3)10-18-33)25-27-39-28-26-38(34-19-11-30(4)12-20-34)36-23-15-32(8-6-2)16-24-36/h29-38H,5-28H2,1-4H3. The van der Waals surface area contributed by atoms with Crippen LogP contribution >= 0.6 is 0 Å². The van der Waals surface area contributed by atoms with Gasteiger partial charge in [-0.05, 0) is 123 Å². The summed E-state index contributed by atoms with van der Waals surface area (Å²) in [6, 6.07) is 0. The number of hydrogen-bond acceptors (Lipinski definition) is 1. The lowest BCUT2D eigenvalue weighted by molar-refractivity contribution is 0.0383. The third-order valence-corrected chi connectivity index (χ3v) is 12.9. The molecule has 4 rings (SSSR count). The Balaban J connectivity index is 1.26. The van der Waals surface area contributed by atoms with Crippen molar-refractivity contribution in [2.75, 3.05) is 13.2 Å². The molecule has 0 aliphatic heterocycles. The molecule has 0 amide bonds. The minimum atomic E-state index is 0.949. The van der Waals surface area contributed by atoms with E-state index in [0.717, 1.165) is 72.4 Å². The van der Waals surface area contributed by atoms with Crippen molar-refractivity contribution in [1.82, 2.24) is 0 Å². The van der Waals surface area contributed by atoms with Gasteiger partial charge in [0, 0.05) is 13.2 Å². The van der Waals surface area contributed by atoms with Crippen LogP contribution in [0.2, 0.25) is 0 Å². The molecule has 4 saturated carbocycles. The molecule has 39 heavy (non-hydrogen) atoms. The lowest BCUT2D eigenvalue weighted by Gasteiger charge is -2.41. The smallest absolute Gasteiger partial charge is 0.0468 e. The van der Waals surface area contributed by atoms with E-state index in [1.54, 1.807) is 0 Å². The molecule has 4 aliphatic rings. The van der Waals surface area contributed by atoms with Crippen LogP contribution in [0.1, 0.15) is 169 Å². The second-order valence-electron chi connectivity index (χ2n) is 15.7. The van der Waals surface area contributed by atoms with Gasteiger partial charge in [-0.3, -0.25) is 0 Å². The summed E-state index contributed by atoms with van der Waals surface area (Å²) in [7, 11) is 0. The molecule has 2 atom stereocenters. The van der Waals surface area contributed by atoms with Crippen LogP contribution in [0, 0.1) is 59.2 Å². The molecule has 4 aliphatic carbocycles. The topological polar surface area (TPSA) is 9.23 Å². The van der Waals surface area contributed by atoms with Crippen molar-refractivity contribution in [2.45, 2.75) is 169 Å². The van der Waals surface area contributed by atoms with E-state index in [1.165, 1.54) is 141 Å². The first-order valence-electron chi connectivity index (χ1n) is 18.6. The lowest BCUT2D eigenvalue weighted by atomic mass is 9.65. The maximum Gasteiger partial charge on any atom is 0.0468 e. The number of ether oxygens (including phenoxy) is 1. The third kappa shape index (κ3) is 10.0. The molecule has 0 heterocycles. The Labute approximate surface area is 245 Å². The Morgan fingerprint density at radius 2 is 0.769 bits per heavy atom. The molecule has 0 N–H and O–H groups in total. The highest BCUT2D eigenvalue weighted by Crippen LogP contribution is 2.46. The van der Waals surface area contributed by atoms with Gasteiger partial charge in [-0.1, -0.05) is 105 Å². The fourth-order valence-corrected chi connectivity index (χ4v) is 10.3. The van der Waals surface area contributed by atoms with Crippen molar-refractivity contribution >= 4 is 0 Å².